The molecule has 0 aliphatic carbocycles. The number of anilines is 4. The lowest BCUT2D eigenvalue weighted by Crippen LogP contribution is -2.36. The average molecular weight is 389 g/mol. The molecular weight excluding hydrogens is 366 g/mol. The Morgan fingerprint density at radius 1 is 1.03 bits per heavy atom. The van der Waals surface area contributed by atoms with Crippen LogP contribution in [0.5, 0.6) is 0 Å². The van der Waals surface area contributed by atoms with Gasteiger partial charge in [-0.3, -0.25) is 4.79 Å². The summed E-state index contributed by atoms with van der Waals surface area (Å²) in [5.74, 6) is 0.941. The number of hydrogen-bond acceptors (Lipinski definition) is 7. The van der Waals surface area contributed by atoms with Gasteiger partial charge in [0.15, 0.2) is 6.29 Å². The highest BCUT2D eigenvalue weighted by molar-refractivity contribution is 5.82. The molecule has 0 unspecified atom stereocenters. The highest BCUT2D eigenvalue weighted by atomic mass is 16.5. The van der Waals surface area contributed by atoms with Crippen molar-refractivity contribution in [1.29, 1.82) is 0 Å². The van der Waals surface area contributed by atoms with Gasteiger partial charge >= 0.3 is 0 Å². The van der Waals surface area contributed by atoms with Crippen molar-refractivity contribution in [2.75, 3.05) is 41.8 Å². The SMILES string of the molecule is O=Cc1cnc(Nc2ccc(N3CCOCC3)cc2)nc1NCc1ccccc1. The maximum atomic E-state index is 11.3. The largest absolute Gasteiger partial charge is 0.378 e. The molecule has 1 saturated heterocycles. The molecule has 1 aromatic heterocycles. The van der Waals surface area contributed by atoms with E-state index >= 15 is 0 Å². The molecule has 0 spiro atoms. The molecule has 1 aliphatic heterocycles. The average Bonchev–Trinajstić information content (AvgIpc) is 2.80. The van der Waals surface area contributed by atoms with Crippen LogP contribution in [0.3, 0.4) is 0 Å². The number of carbonyl (C=O) groups is 1. The number of aromatic nitrogens is 2. The molecule has 4 rings (SSSR count). The molecular formula is C22H23N5O2. The smallest absolute Gasteiger partial charge is 0.229 e. The second kappa shape index (κ2) is 9.16. The van der Waals surface area contributed by atoms with Crippen LogP contribution in [0.25, 0.3) is 0 Å². The van der Waals surface area contributed by atoms with Crippen molar-refractivity contribution in [2.45, 2.75) is 6.54 Å². The van der Waals surface area contributed by atoms with E-state index in [1.54, 1.807) is 0 Å². The summed E-state index contributed by atoms with van der Waals surface area (Å²) in [6.45, 7) is 3.90. The van der Waals surface area contributed by atoms with Gasteiger partial charge in [-0.25, -0.2) is 4.98 Å². The number of nitrogens with one attached hydrogen (secondary N) is 2. The van der Waals surface area contributed by atoms with Gasteiger partial charge in [-0.2, -0.15) is 4.98 Å². The molecule has 0 radical (unpaired) electrons. The van der Waals surface area contributed by atoms with E-state index in [-0.39, 0.29) is 0 Å². The van der Waals surface area contributed by atoms with Crippen LogP contribution in [0.4, 0.5) is 23.1 Å². The molecule has 7 heteroatoms. The third kappa shape index (κ3) is 4.89. The van der Waals surface area contributed by atoms with Crippen molar-refractivity contribution in [3.8, 4) is 0 Å². The molecule has 0 atom stereocenters. The molecule has 7 nitrogen and oxygen atoms in total. The summed E-state index contributed by atoms with van der Waals surface area (Å²) in [7, 11) is 0. The zero-order valence-electron chi connectivity index (χ0n) is 16.0. The fourth-order valence-electron chi connectivity index (χ4n) is 3.17. The first-order valence-electron chi connectivity index (χ1n) is 9.61. The van der Waals surface area contributed by atoms with Crippen molar-refractivity contribution in [1.82, 2.24) is 9.97 Å². The Bertz CT molecular complexity index is 941. The minimum absolute atomic E-state index is 0.425. The second-order valence-electron chi connectivity index (χ2n) is 6.73. The van der Waals surface area contributed by atoms with Crippen LogP contribution in [0.2, 0.25) is 0 Å². The van der Waals surface area contributed by atoms with Gasteiger partial charge < -0.3 is 20.3 Å². The fourth-order valence-corrected chi connectivity index (χ4v) is 3.17. The minimum atomic E-state index is 0.425. The molecule has 3 aromatic rings. The standard InChI is InChI=1S/C22H23N5O2/c28-16-18-15-24-22(26-21(18)23-14-17-4-2-1-3-5-17)25-19-6-8-20(9-7-19)27-10-12-29-13-11-27/h1-9,15-16H,10-14H2,(H2,23,24,25,26). The van der Waals surface area contributed by atoms with Gasteiger partial charge in [0.25, 0.3) is 0 Å². The van der Waals surface area contributed by atoms with Crippen molar-refractivity contribution in [3.63, 3.8) is 0 Å². The van der Waals surface area contributed by atoms with E-state index < -0.39 is 0 Å². The molecule has 2 N–H and O–H groups in total. The van der Waals surface area contributed by atoms with E-state index in [1.165, 1.54) is 11.9 Å². The highest BCUT2D eigenvalue weighted by Gasteiger charge is 2.11. The monoisotopic (exact) mass is 389 g/mol. The molecule has 0 amide bonds. The molecule has 29 heavy (non-hydrogen) atoms. The van der Waals surface area contributed by atoms with Crippen LogP contribution in [-0.4, -0.2) is 42.6 Å². The number of morpholine rings is 1. The summed E-state index contributed by atoms with van der Waals surface area (Å²) in [5.41, 5.74) is 3.58. The molecule has 2 aromatic carbocycles. The lowest BCUT2D eigenvalue weighted by atomic mass is 10.2. The quantitative estimate of drug-likeness (QED) is 0.599. The first-order chi connectivity index (χ1) is 14.3. The Hall–Kier alpha value is -3.45. The first kappa shape index (κ1) is 18.9. The summed E-state index contributed by atoms with van der Waals surface area (Å²) in [5, 5.41) is 6.42. The van der Waals surface area contributed by atoms with Gasteiger partial charge in [0, 0.05) is 37.2 Å². The molecule has 0 saturated carbocycles. The maximum Gasteiger partial charge on any atom is 0.229 e. The van der Waals surface area contributed by atoms with Crippen LogP contribution in [0, 0.1) is 0 Å². The molecule has 1 aliphatic rings. The van der Waals surface area contributed by atoms with Gasteiger partial charge in [0.1, 0.15) is 5.82 Å². The summed E-state index contributed by atoms with van der Waals surface area (Å²) >= 11 is 0. The Balaban J connectivity index is 1.44. The van der Waals surface area contributed by atoms with Gasteiger partial charge in [-0.05, 0) is 29.8 Å². The minimum Gasteiger partial charge on any atom is -0.378 e. The fraction of sp³-hybridized carbons (Fsp3) is 0.227. The number of rotatable bonds is 7. The van der Waals surface area contributed by atoms with Gasteiger partial charge in [-0.15, -0.1) is 0 Å². The van der Waals surface area contributed by atoms with E-state index in [2.05, 4.69) is 37.6 Å². The summed E-state index contributed by atoms with van der Waals surface area (Å²) < 4.78 is 5.40. The number of hydrogen-bond donors (Lipinski definition) is 2. The van der Waals surface area contributed by atoms with E-state index in [0.717, 1.165) is 43.8 Å². The molecule has 0 bridgehead atoms. The zero-order chi connectivity index (χ0) is 19.9. The van der Waals surface area contributed by atoms with E-state index in [9.17, 15) is 4.79 Å². The van der Waals surface area contributed by atoms with Crippen molar-refractivity contribution in [3.05, 3.63) is 71.9 Å². The Kier molecular flexibility index (Phi) is 5.97. The maximum absolute atomic E-state index is 11.3. The van der Waals surface area contributed by atoms with Crippen LogP contribution in [0.1, 0.15) is 15.9 Å². The Labute approximate surface area is 169 Å². The lowest BCUT2D eigenvalue weighted by Gasteiger charge is -2.28. The third-order valence-corrected chi connectivity index (χ3v) is 4.75. The van der Waals surface area contributed by atoms with Gasteiger partial charge in [0.05, 0.1) is 18.8 Å². The number of nitrogens with zero attached hydrogens (tertiary/aromatic N) is 3. The predicted octanol–water partition coefficient (Wildman–Crippen LogP) is 3.48. The van der Waals surface area contributed by atoms with E-state index in [1.807, 2.05) is 42.5 Å². The third-order valence-electron chi connectivity index (χ3n) is 4.75. The second-order valence-corrected chi connectivity index (χ2v) is 6.73. The predicted molar refractivity (Wildman–Crippen MR) is 114 cm³/mol. The molecule has 1 fully saturated rings. The molecule has 148 valence electrons. The van der Waals surface area contributed by atoms with E-state index in [0.29, 0.717) is 23.9 Å². The summed E-state index contributed by atoms with van der Waals surface area (Å²) in [6, 6.07) is 18.1. The van der Waals surface area contributed by atoms with Crippen LogP contribution in [0.15, 0.2) is 60.8 Å². The van der Waals surface area contributed by atoms with Crippen molar-refractivity contribution >= 4 is 29.4 Å². The number of carbonyl (C=O) groups excluding carboxylic acids is 1. The summed E-state index contributed by atoms with van der Waals surface area (Å²) in [6.07, 6.45) is 2.28. The van der Waals surface area contributed by atoms with E-state index in [4.69, 9.17) is 4.74 Å². The highest BCUT2D eigenvalue weighted by Crippen LogP contribution is 2.22. The normalized spacial score (nSPS) is 13.7. The Morgan fingerprint density at radius 2 is 1.79 bits per heavy atom. The number of ether oxygens (including phenoxy) is 1. The number of aldehydes is 1. The molecule has 2 heterocycles. The zero-order valence-corrected chi connectivity index (χ0v) is 16.0. The van der Waals surface area contributed by atoms with Gasteiger partial charge in [0.2, 0.25) is 5.95 Å². The Morgan fingerprint density at radius 3 is 2.52 bits per heavy atom. The topological polar surface area (TPSA) is 79.4 Å². The lowest BCUT2D eigenvalue weighted by molar-refractivity contribution is 0.112. The first-order valence-corrected chi connectivity index (χ1v) is 9.61. The van der Waals surface area contributed by atoms with Gasteiger partial charge in [-0.1, -0.05) is 30.3 Å². The van der Waals surface area contributed by atoms with Crippen LogP contribution >= 0.6 is 0 Å². The van der Waals surface area contributed by atoms with Crippen molar-refractivity contribution in [2.24, 2.45) is 0 Å². The van der Waals surface area contributed by atoms with Crippen LogP contribution in [-0.2, 0) is 11.3 Å². The summed E-state index contributed by atoms with van der Waals surface area (Å²) in [4.78, 5) is 22.4. The van der Waals surface area contributed by atoms with Crippen molar-refractivity contribution < 1.29 is 9.53 Å². The number of benzene rings is 2. The van der Waals surface area contributed by atoms with Crippen LogP contribution < -0.4 is 15.5 Å².